The smallest absolute Gasteiger partial charge is 0.168 e. The van der Waals surface area contributed by atoms with Gasteiger partial charge in [-0.2, -0.15) is 5.10 Å². The van der Waals surface area contributed by atoms with E-state index in [1.807, 2.05) is 35.0 Å². The van der Waals surface area contributed by atoms with Gasteiger partial charge in [-0.15, -0.1) is 0 Å². The predicted molar refractivity (Wildman–Crippen MR) is 134 cm³/mol. The van der Waals surface area contributed by atoms with E-state index in [0.29, 0.717) is 18.4 Å². The number of benzene rings is 3. The molecular formula is C28H26ClN3O. The molecule has 0 spiro atoms. The van der Waals surface area contributed by atoms with Gasteiger partial charge in [0.05, 0.1) is 23.8 Å². The molecule has 0 bridgehead atoms. The second-order valence-electron chi connectivity index (χ2n) is 8.64. The number of hydrogen-bond donors (Lipinski definition) is 1. The van der Waals surface area contributed by atoms with E-state index in [-0.39, 0.29) is 17.9 Å². The van der Waals surface area contributed by atoms with Crippen LogP contribution in [-0.2, 0) is 6.42 Å². The summed E-state index contributed by atoms with van der Waals surface area (Å²) in [6.45, 7) is 2.15. The van der Waals surface area contributed by atoms with Gasteiger partial charge in [0.1, 0.15) is 5.82 Å². The molecule has 2 unspecified atom stereocenters. The van der Waals surface area contributed by atoms with Crippen molar-refractivity contribution in [2.24, 2.45) is 0 Å². The van der Waals surface area contributed by atoms with Crippen molar-refractivity contribution < 1.29 is 4.79 Å². The second-order valence-corrected chi connectivity index (χ2v) is 9.05. The molecule has 0 amide bonds. The maximum Gasteiger partial charge on any atom is 0.168 e. The van der Waals surface area contributed by atoms with Crippen molar-refractivity contribution in [1.82, 2.24) is 9.78 Å². The Hall–Kier alpha value is -3.37. The number of hydrogen-bond acceptors (Lipinski definition) is 3. The lowest BCUT2D eigenvalue weighted by molar-refractivity contribution is 0.0983. The van der Waals surface area contributed by atoms with E-state index < -0.39 is 0 Å². The fourth-order valence-corrected chi connectivity index (χ4v) is 4.80. The van der Waals surface area contributed by atoms with Crippen molar-refractivity contribution in [3.05, 3.63) is 107 Å². The molecule has 0 saturated heterocycles. The first-order chi connectivity index (χ1) is 16.1. The van der Waals surface area contributed by atoms with E-state index >= 15 is 0 Å². The Balaban J connectivity index is 1.28. The summed E-state index contributed by atoms with van der Waals surface area (Å²) < 4.78 is 1.95. The zero-order valence-corrected chi connectivity index (χ0v) is 19.3. The molecule has 5 rings (SSSR count). The number of rotatable bonds is 6. The molecule has 5 heteroatoms. The lowest BCUT2D eigenvalue weighted by atomic mass is 9.97. The number of carbonyl (C=O) groups excluding carboxylic acids is 1. The van der Waals surface area contributed by atoms with Crippen molar-refractivity contribution in [2.45, 2.75) is 38.3 Å². The standard InChI is InChI=1S/C28H26ClN3O/c1-19-17-26(22-7-3-2-4-8-22)31-28-24(18-30-32(19)28)27(33)16-13-20-11-14-21(15-12-20)23-9-5-6-10-25(23)29/h2-12,14-15,18-19,26,31H,13,16-17H2,1H3. The van der Waals surface area contributed by atoms with Crippen molar-refractivity contribution in [1.29, 1.82) is 0 Å². The average Bonchev–Trinajstić information content (AvgIpc) is 3.29. The molecule has 4 nitrogen and oxygen atoms in total. The Morgan fingerprint density at radius 2 is 1.76 bits per heavy atom. The topological polar surface area (TPSA) is 46.9 Å². The fraction of sp³-hybridized carbons (Fsp3) is 0.214. The molecule has 1 N–H and O–H groups in total. The minimum Gasteiger partial charge on any atom is -0.363 e. The number of Topliss-reactive ketones (excluding diaryl/α,β-unsaturated/α-hetero) is 1. The minimum absolute atomic E-state index is 0.111. The van der Waals surface area contributed by atoms with Crippen molar-refractivity contribution in [3.63, 3.8) is 0 Å². The number of fused-ring (bicyclic) bond motifs is 1. The van der Waals surface area contributed by atoms with Crippen molar-refractivity contribution in [3.8, 4) is 11.1 Å². The summed E-state index contributed by atoms with van der Waals surface area (Å²) in [6, 6.07) is 26.9. The van der Waals surface area contributed by atoms with Crippen molar-refractivity contribution in [2.75, 3.05) is 5.32 Å². The SMILES string of the molecule is CC1CC(c2ccccc2)Nc2c(C(=O)CCc3ccc(-c4ccccc4Cl)cc3)cnn21. The predicted octanol–water partition coefficient (Wildman–Crippen LogP) is 7.14. The molecule has 0 radical (unpaired) electrons. The van der Waals surface area contributed by atoms with E-state index in [9.17, 15) is 4.79 Å². The van der Waals surface area contributed by atoms with Gasteiger partial charge >= 0.3 is 0 Å². The number of anilines is 1. The first-order valence-corrected chi connectivity index (χ1v) is 11.7. The number of aryl methyl sites for hydroxylation is 1. The van der Waals surface area contributed by atoms with E-state index in [1.165, 1.54) is 5.56 Å². The molecule has 1 aliphatic heterocycles. The largest absolute Gasteiger partial charge is 0.363 e. The summed E-state index contributed by atoms with van der Waals surface area (Å²) in [6.07, 6.45) is 3.78. The highest BCUT2D eigenvalue weighted by Gasteiger charge is 2.29. The van der Waals surface area contributed by atoms with Gasteiger partial charge in [0.2, 0.25) is 0 Å². The third-order valence-corrected chi connectivity index (χ3v) is 6.71. The summed E-state index contributed by atoms with van der Waals surface area (Å²) in [5.74, 6) is 0.946. The molecule has 2 atom stereocenters. The molecule has 4 aromatic rings. The summed E-state index contributed by atoms with van der Waals surface area (Å²) in [7, 11) is 0. The average molecular weight is 456 g/mol. The van der Waals surface area contributed by atoms with Gasteiger partial charge in [0.25, 0.3) is 0 Å². The molecule has 1 aromatic heterocycles. The zero-order chi connectivity index (χ0) is 22.8. The Kier molecular flexibility index (Phi) is 6.01. The Labute approximate surface area is 199 Å². The molecule has 0 saturated carbocycles. The molecule has 0 fully saturated rings. The molecule has 166 valence electrons. The Bertz CT molecular complexity index is 1260. The van der Waals surface area contributed by atoms with Crippen LogP contribution in [0.3, 0.4) is 0 Å². The number of nitrogens with one attached hydrogen (secondary N) is 1. The molecule has 1 aliphatic rings. The maximum absolute atomic E-state index is 13.1. The number of nitrogens with zero attached hydrogens (tertiary/aromatic N) is 2. The second kappa shape index (κ2) is 9.24. The first kappa shape index (κ1) is 21.5. The van der Waals surface area contributed by atoms with E-state index in [1.54, 1.807) is 6.20 Å². The molecular weight excluding hydrogens is 430 g/mol. The van der Waals surface area contributed by atoms with Gasteiger partial charge in [0.15, 0.2) is 5.78 Å². The highest BCUT2D eigenvalue weighted by atomic mass is 35.5. The van der Waals surface area contributed by atoms with Gasteiger partial charge in [0, 0.05) is 17.0 Å². The van der Waals surface area contributed by atoms with Crippen LogP contribution in [0.1, 0.15) is 53.3 Å². The van der Waals surface area contributed by atoms with E-state index in [0.717, 1.165) is 34.0 Å². The van der Waals surface area contributed by atoms with Crippen LogP contribution in [0.4, 0.5) is 5.82 Å². The maximum atomic E-state index is 13.1. The Morgan fingerprint density at radius 3 is 2.52 bits per heavy atom. The van der Waals surface area contributed by atoms with Crippen LogP contribution in [0.2, 0.25) is 5.02 Å². The van der Waals surface area contributed by atoms with Crippen LogP contribution < -0.4 is 5.32 Å². The number of carbonyl (C=O) groups is 1. The van der Waals surface area contributed by atoms with Crippen LogP contribution >= 0.6 is 11.6 Å². The first-order valence-electron chi connectivity index (χ1n) is 11.4. The molecule has 3 aromatic carbocycles. The van der Waals surface area contributed by atoms with Gasteiger partial charge in [-0.1, -0.05) is 84.4 Å². The van der Waals surface area contributed by atoms with Gasteiger partial charge in [-0.3, -0.25) is 4.79 Å². The van der Waals surface area contributed by atoms with Crippen LogP contribution in [-0.4, -0.2) is 15.6 Å². The summed E-state index contributed by atoms with van der Waals surface area (Å²) in [4.78, 5) is 13.1. The number of ketones is 1. The fourth-order valence-electron chi connectivity index (χ4n) is 4.55. The van der Waals surface area contributed by atoms with Crippen LogP contribution in [0.5, 0.6) is 0 Å². The zero-order valence-electron chi connectivity index (χ0n) is 18.5. The molecule has 33 heavy (non-hydrogen) atoms. The number of aromatic nitrogens is 2. The van der Waals surface area contributed by atoms with E-state index in [4.69, 9.17) is 11.6 Å². The number of halogens is 1. The van der Waals surface area contributed by atoms with Gasteiger partial charge < -0.3 is 5.32 Å². The summed E-state index contributed by atoms with van der Waals surface area (Å²) in [5.41, 5.74) is 5.13. The highest BCUT2D eigenvalue weighted by Crippen LogP contribution is 2.36. The molecule has 0 aliphatic carbocycles. The third kappa shape index (κ3) is 4.44. The highest BCUT2D eigenvalue weighted by molar-refractivity contribution is 6.33. The monoisotopic (exact) mass is 455 g/mol. The van der Waals surface area contributed by atoms with Gasteiger partial charge in [-0.05, 0) is 42.5 Å². The molecule has 2 heterocycles. The van der Waals surface area contributed by atoms with Crippen LogP contribution in [0.15, 0.2) is 85.1 Å². The lowest BCUT2D eigenvalue weighted by Gasteiger charge is -2.31. The normalized spacial score (nSPS) is 17.3. The minimum atomic E-state index is 0.111. The van der Waals surface area contributed by atoms with Crippen LogP contribution in [0, 0.1) is 0 Å². The Morgan fingerprint density at radius 1 is 1.03 bits per heavy atom. The lowest BCUT2D eigenvalue weighted by Crippen LogP contribution is -2.26. The summed E-state index contributed by atoms with van der Waals surface area (Å²) >= 11 is 6.32. The van der Waals surface area contributed by atoms with Crippen LogP contribution in [0.25, 0.3) is 11.1 Å². The quantitative estimate of drug-likeness (QED) is 0.314. The summed E-state index contributed by atoms with van der Waals surface area (Å²) in [5, 5.41) is 8.82. The van der Waals surface area contributed by atoms with E-state index in [2.05, 4.69) is 65.9 Å². The third-order valence-electron chi connectivity index (χ3n) is 6.38. The van der Waals surface area contributed by atoms with Gasteiger partial charge in [-0.25, -0.2) is 4.68 Å². The van der Waals surface area contributed by atoms with Crippen molar-refractivity contribution >= 4 is 23.2 Å².